The van der Waals surface area contributed by atoms with Gasteiger partial charge < -0.3 is 4.90 Å². The van der Waals surface area contributed by atoms with Crippen LogP contribution in [0, 0.1) is 12.7 Å². The smallest absolute Gasteiger partial charge is 0.126 e. The SMILES string of the molecule is CCN(C)/C=N\c1cc(F)cc(Br)c1C. The molecule has 0 heterocycles. The lowest BCUT2D eigenvalue weighted by Gasteiger charge is -2.09. The Bertz CT molecular complexity index is 377. The summed E-state index contributed by atoms with van der Waals surface area (Å²) in [5.41, 5.74) is 1.60. The van der Waals surface area contributed by atoms with E-state index in [0.29, 0.717) is 5.69 Å². The highest BCUT2D eigenvalue weighted by Gasteiger charge is 2.03. The van der Waals surface area contributed by atoms with Crippen LogP contribution in [0.2, 0.25) is 0 Å². The zero-order chi connectivity index (χ0) is 11.4. The first-order valence-electron chi connectivity index (χ1n) is 4.74. The average Bonchev–Trinajstić information content (AvgIpc) is 2.20. The number of rotatable bonds is 3. The van der Waals surface area contributed by atoms with Crippen LogP contribution < -0.4 is 0 Å². The summed E-state index contributed by atoms with van der Waals surface area (Å²) in [6, 6.07) is 2.87. The Labute approximate surface area is 97.9 Å². The second kappa shape index (κ2) is 5.26. The Morgan fingerprint density at radius 3 is 2.80 bits per heavy atom. The van der Waals surface area contributed by atoms with Crippen molar-refractivity contribution >= 4 is 28.0 Å². The van der Waals surface area contributed by atoms with E-state index >= 15 is 0 Å². The topological polar surface area (TPSA) is 15.6 Å². The molecule has 0 unspecified atom stereocenters. The molecule has 1 aromatic rings. The molecule has 1 rings (SSSR count). The molecule has 0 aliphatic carbocycles. The van der Waals surface area contributed by atoms with E-state index in [4.69, 9.17) is 0 Å². The van der Waals surface area contributed by atoms with Crippen LogP contribution in [0.15, 0.2) is 21.6 Å². The summed E-state index contributed by atoms with van der Waals surface area (Å²) in [4.78, 5) is 6.16. The highest BCUT2D eigenvalue weighted by Crippen LogP contribution is 2.27. The molecule has 4 heteroatoms. The summed E-state index contributed by atoms with van der Waals surface area (Å²) in [7, 11) is 1.92. The first-order chi connectivity index (χ1) is 7.04. The minimum Gasteiger partial charge on any atom is -0.366 e. The Morgan fingerprint density at radius 2 is 2.20 bits per heavy atom. The number of hydrogen-bond donors (Lipinski definition) is 0. The van der Waals surface area contributed by atoms with E-state index < -0.39 is 0 Å². The molecular formula is C11H14BrFN2. The number of aliphatic imine (C=N–C) groups is 1. The van der Waals surface area contributed by atoms with Crippen LogP contribution in [0.25, 0.3) is 0 Å². The minimum atomic E-state index is -0.279. The van der Waals surface area contributed by atoms with Crippen LogP contribution in [-0.4, -0.2) is 24.8 Å². The van der Waals surface area contributed by atoms with E-state index in [1.807, 2.05) is 25.8 Å². The number of halogens is 2. The molecule has 82 valence electrons. The van der Waals surface area contributed by atoms with Crippen LogP contribution in [0.4, 0.5) is 10.1 Å². The Kier molecular flexibility index (Phi) is 4.27. The maximum Gasteiger partial charge on any atom is 0.126 e. The van der Waals surface area contributed by atoms with E-state index in [1.54, 1.807) is 6.34 Å². The molecule has 0 aliphatic rings. The summed E-state index contributed by atoms with van der Waals surface area (Å²) in [6.45, 7) is 4.81. The van der Waals surface area contributed by atoms with Crippen LogP contribution in [0.1, 0.15) is 12.5 Å². The predicted molar refractivity (Wildman–Crippen MR) is 65.3 cm³/mol. The number of nitrogens with zero attached hydrogens (tertiary/aromatic N) is 2. The third-order valence-corrected chi connectivity index (χ3v) is 3.00. The van der Waals surface area contributed by atoms with Gasteiger partial charge in [-0.25, -0.2) is 9.38 Å². The first kappa shape index (κ1) is 12.2. The second-order valence-electron chi connectivity index (χ2n) is 3.35. The maximum absolute atomic E-state index is 13.1. The molecule has 0 aromatic heterocycles. The molecular weight excluding hydrogens is 259 g/mol. The molecule has 0 saturated carbocycles. The Morgan fingerprint density at radius 1 is 1.53 bits per heavy atom. The summed E-state index contributed by atoms with van der Waals surface area (Å²) < 4.78 is 13.8. The molecule has 0 fully saturated rings. The number of hydrogen-bond acceptors (Lipinski definition) is 1. The minimum absolute atomic E-state index is 0.279. The molecule has 0 saturated heterocycles. The first-order valence-corrected chi connectivity index (χ1v) is 5.54. The zero-order valence-electron chi connectivity index (χ0n) is 9.09. The van der Waals surface area contributed by atoms with Gasteiger partial charge in [-0.15, -0.1) is 0 Å². The van der Waals surface area contributed by atoms with Crippen molar-refractivity contribution in [2.75, 3.05) is 13.6 Å². The Balaban J connectivity index is 2.99. The number of benzene rings is 1. The van der Waals surface area contributed by atoms with Crippen molar-refractivity contribution in [2.24, 2.45) is 4.99 Å². The van der Waals surface area contributed by atoms with Gasteiger partial charge in [-0.3, -0.25) is 0 Å². The van der Waals surface area contributed by atoms with Crippen molar-refractivity contribution in [3.8, 4) is 0 Å². The van der Waals surface area contributed by atoms with E-state index in [0.717, 1.165) is 16.6 Å². The lowest BCUT2D eigenvalue weighted by molar-refractivity contribution is 0.552. The third-order valence-electron chi connectivity index (χ3n) is 2.17. The van der Waals surface area contributed by atoms with Gasteiger partial charge in [-0.1, -0.05) is 15.9 Å². The van der Waals surface area contributed by atoms with Gasteiger partial charge in [0.05, 0.1) is 12.0 Å². The van der Waals surface area contributed by atoms with Crippen LogP contribution >= 0.6 is 15.9 Å². The maximum atomic E-state index is 13.1. The van der Waals surface area contributed by atoms with Crippen LogP contribution in [-0.2, 0) is 0 Å². The molecule has 0 atom stereocenters. The highest BCUT2D eigenvalue weighted by atomic mass is 79.9. The van der Waals surface area contributed by atoms with Gasteiger partial charge in [0.1, 0.15) is 5.82 Å². The zero-order valence-corrected chi connectivity index (χ0v) is 10.7. The highest BCUT2D eigenvalue weighted by molar-refractivity contribution is 9.10. The fraction of sp³-hybridized carbons (Fsp3) is 0.364. The molecule has 2 nitrogen and oxygen atoms in total. The van der Waals surface area contributed by atoms with Crippen molar-refractivity contribution < 1.29 is 4.39 Å². The third kappa shape index (κ3) is 3.30. The fourth-order valence-electron chi connectivity index (χ4n) is 1.01. The molecule has 0 amide bonds. The molecule has 15 heavy (non-hydrogen) atoms. The van der Waals surface area contributed by atoms with Crippen molar-refractivity contribution in [3.63, 3.8) is 0 Å². The van der Waals surface area contributed by atoms with E-state index in [2.05, 4.69) is 20.9 Å². The Hall–Kier alpha value is -0.900. The van der Waals surface area contributed by atoms with Gasteiger partial charge in [0.2, 0.25) is 0 Å². The molecule has 0 radical (unpaired) electrons. The van der Waals surface area contributed by atoms with Gasteiger partial charge in [0.25, 0.3) is 0 Å². The van der Waals surface area contributed by atoms with Gasteiger partial charge in [0.15, 0.2) is 0 Å². The van der Waals surface area contributed by atoms with E-state index in [-0.39, 0.29) is 5.82 Å². The van der Waals surface area contributed by atoms with Gasteiger partial charge in [-0.2, -0.15) is 0 Å². The van der Waals surface area contributed by atoms with Crippen molar-refractivity contribution in [1.29, 1.82) is 0 Å². The summed E-state index contributed by atoms with van der Waals surface area (Å²) in [5.74, 6) is -0.279. The molecule has 0 N–H and O–H groups in total. The quantitative estimate of drug-likeness (QED) is 0.608. The van der Waals surface area contributed by atoms with Crippen molar-refractivity contribution in [3.05, 3.63) is 28.0 Å². The summed E-state index contributed by atoms with van der Waals surface area (Å²) in [6.07, 6.45) is 1.70. The second-order valence-corrected chi connectivity index (χ2v) is 4.20. The largest absolute Gasteiger partial charge is 0.366 e. The lowest BCUT2D eigenvalue weighted by Crippen LogP contribution is -2.14. The van der Waals surface area contributed by atoms with Gasteiger partial charge in [-0.05, 0) is 31.5 Å². The predicted octanol–water partition coefficient (Wildman–Crippen LogP) is 3.51. The average molecular weight is 273 g/mol. The van der Waals surface area contributed by atoms with Crippen LogP contribution in [0.5, 0.6) is 0 Å². The van der Waals surface area contributed by atoms with Gasteiger partial charge >= 0.3 is 0 Å². The molecule has 1 aromatic carbocycles. The lowest BCUT2D eigenvalue weighted by atomic mass is 10.2. The molecule has 0 bridgehead atoms. The summed E-state index contributed by atoms with van der Waals surface area (Å²) in [5, 5.41) is 0. The standard InChI is InChI=1S/C11H14BrFN2/c1-4-15(3)7-14-11-6-9(13)5-10(12)8(11)2/h5-7H,4H2,1-3H3/b14-7-. The van der Waals surface area contributed by atoms with Crippen molar-refractivity contribution in [2.45, 2.75) is 13.8 Å². The van der Waals surface area contributed by atoms with Gasteiger partial charge in [0, 0.05) is 18.1 Å². The van der Waals surface area contributed by atoms with E-state index in [1.165, 1.54) is 12.1 Å². The molecule has 0 aliphatic heterocycles. The summed E-state index contributed by atoms with van der Waals surface area (Å²) >= 11 is 3.29. The monoisotopic (exact) mass is 272 g/mol. The van der Waals surface area contributed by atoms with Crippen LogP contribution in [0.3, 0.4) is 0 Å². The van der Waals surface area contributed by atoms with E-state index in [9.17, 15) is 4.39 Å². The normalized spacial score (nSPS) is 11.0. The fourth-order valence-corrected chi connectivity index (χ4v) is 1.43. The molecule has 0 spiro atoms. The van der Waals surface area contributed by atoms with Crippen molar-refractivity contribution in [1.82, 2.24) is 4.90 Å².